The van der Waals surface area contributed by atoms with Crippen molar-refractivity contribution in [2.24, 2.45) is 0 Å². The number of halogens is 3. The van der Waals surface area contributed by atoms with Gasteiger partial charge in [0.05, 0.1) is 23.5 Å². The Balaban J connectivity index is 1.48. The molecule has 0 spiro atoms. The van der Waals surface area contributed by atoms with Gasteiger partial charge >= 0.3 is 12.1 Å². The van der Waals surface area contributed by atoms with Gasteiger partial charge in [0, 0.05) is 13.1 Å². The maximum absolute atomic E-state index is 12.8. The number of carbonyl (C=O) groups is 1. The number of aromatic nitrogens is 2. The van der Waals surface area contributed by atoms with E-state index in [1.54, 1.807) is 15.5 Å². The normalized spacial score (nSPS) is 17.3. The molecule has 30 heavy (non-hydrogen) atoms. The number of ether oxygens (including phenoxy) is 1. The quantitative estimate of drug-likeness (QED) is 0.702. The van der Waals surface area contributed by atoms with Crippen molar-refractivity contribution in [2.45, 2.75) is 31.7 Å². The second kappa shape index (κ2) is 7.89. The molecule has 1 aliphatic rings. The molecule has 2 aromatic carbocycles. The van der Waals surface area contributed by atoms with Crippen molar-refractivity contribution in [1.29, 1.82) is 0 Å². The Kier molecular flexibility index (Phi) is 5.27. The first kappa shape index (κ1) is 20.1. The highest BCUT2D eigenvalue weighted by molar-refractivity contribution is 5.79. The molecule has 0 radical (unpaired) electrons. The molecule has 1 saturated heterocycles. The highest BCUT2D eigenvalue weighted by Crippen LogP contribution is 2.26. The molecular weight excluding hydrogens is 399 g/mol. The maximum Gasteiger partial charge on any atom is 0.573 e. The number of hydrogen-bond acceptors (Lipinski definition) is 3. The van der Waals surface area contributed by atoms with Gasteiger partial charge in [-0.05, 0) is 42.7 Å². The van der Waals surface area contributed by atoms with Gasteiger partial charge in [0.2, 0.25) is 5.91 Å². The SMILES string of the molecule is O=C(Cc1cccc(OC(F)(F)F)c1)N1CCC[C@H](n2c(=O)[nH]c3ccccc32)C1. The average molecular weight is 419 g/mol. The molecule has 6 nitrogen and oxygen atoms in total. The number of fused-ring (bicyclic) bond motifs is 1. The van der Waals surface area contributed by atoms with Crippen LogP contribution in [0.15, 0.2) is 53.3 Å². The lowest BCUT2D eigenvalue weighted by molar-refractivity contribution is -0.274. The molecule has 0 aliphatic carbocycles. The van der Waals surface area contributed by atoms with Crippen molar-refractivity contribution in [3.8, 4) is 5.75 Å². The van der Waals surface area contributed by atoms with Gasteiger partial charge in [0.1, 0.15) is 5.75 Å². The fourth-order valence-electron chi connectivity index (χ4n) is 3.97. The zero-order valence-corrected chi connectivity index (χ0v) is 16.0. The predicted octanol–water partition coefficient (Wildman–Crippen LogP) is 3.63. The van der Waals surface area contributed by atoms with E-state index in [0.29, 0.717) is 18.7 Å². The number of likely N-dealkylation sites (tertiary alicyclic amines) is 1. The van der Waals surface area contributed by atoms with E-state index in [9.17, 15) is 22.8 Å². The zero-order chi connectivity index (χ0) is 21.3. The van der Waals surface area contributed by atoms with Crippen molar-refractivity contribution in [1.82, 2.24) is 14.5 Å². The molecule has 1 aromatic heterocycles. The molecule has 0 unspecified atom stereocenters. The molecule has 9 heteroatoms. The van der Waals surface area contributed by atoms with Gasteiger partial charge in [-0.1, -0.05) is 24.3 Å². The zero-order valence-electron chi connectivity index (χ0n) is 16.0. The van der Waals surface area contributed by atoms with Crippen LogP contribution in [0.5, 0.6) is 5.75 Å². The summed E-state index contributed by atoms with van der Waals surface area (Å²) < 4.78 is 42.9. The molecule has 4 rings (SSSR count). The third-order valence-electron chi connectivity index (χ3n) is 5.23. The van der Waals surface area contributed by atoms with E-state index in [0.717, 1.165) is 23.9 Å². The number of carbonyl (C=O) groups excluding carboxylic acids is 1. The highest BCUT2D eigenvalue weighted by Gasteiger charge is 2.31. The molecule has 0 saturated carbocycles. The molecule has 2 heterocycles. The van der Waals surface area contributed by atoms with E-state index in [-0.39, 0.29) is 29.8 Å². The summed E-state index contributed by atoms with van der Waals surface area (Å²) in [6.07, 6.45) is -3.32. The molecule has 1 amide bonds. The van der Waals surface area contributed by atoms with E-state index in [4.69, 9.17) is 0 Å². The number of rotatable bonds is 4. The summed E-state index contributed by atoms with van der Waals surface area (Å²) in [5, 5.41) is 0. The lowest BCUT2D eigenvalue weighted by atomic mass is 10.0. The number of nitrogens with zero attached hydrogens (tertiary/aromatic N) is 2. The Morgan fingerprint density at radius 2 is 1.97 bits per heavy atom. The van der Waals surface area contributed by atoms with Gasteiger partial charge in [-0.15, -0.1) is 13.2 Å². The standard InChI is InChI=1S/C21H20F3N3O3/c22-21(23,24)30-16-7-3-5-14(11-16)12-19(28)26-10-4-6-15(13-26)27-18-9-2-1-8-17(18)25-20(27)29/h1-3,5,7-9,11,15H,4,6,10,12-13H2,(H,25,29)/t15-/m0/s1. The molecule has 0 bridgehead atoms. The summed E-state index contributed by atoms with van der Waals surface area (Å²) in [4.78, 5) is 29.7. The minimum absolute atomic E-state index is 0.0371. The van der Waals surface area contributed by atoms with Gasteiger partial charge in [-0.3, -0.25) is 9.36 Å². The van der Waals surface area contributed by atoms with Crippen LogP contribution in [-0.4, -0.2) is 39.8 Å². The van der Waals surface area contributed by atoms with Crippen LogP contribution >= 0.6 is 0 Å². The smallest absolute Gasteiger partial charge is 0.406 e. The first-order valence-corrected chi connectivity index (χ1v) is 9.62. The fraction of sp³-hybridized carbons (Fsp3) is 0.333. The van der Waals surface area contributed by atoms with E-state index in [1.807, 2.05) is 24.3 Å². The third-order valence-corrected chi connectivity index (χ3v) is 5.23. The summed E-state index contributed by atoms with van der Waals surface area (Å²) in [6, 6.07) is 12.7. The van der Waals surface area contributed by atoms with Crippen LogP contribution in [0.2, 0.25) is 0 Å². The summed E-state index contributed by atoms with van der Waals surface area (Å²) >= 11 is 0. The Morgan fingerprint density at radius 1 is 1.17 bits per heavy atom. The van der Waals surface area contributed by atoms with E-state index in [1.165, 1.54) is 18.2 Å². The number of para-hydroxylation sites is 2. The Morgan fingerprint density at radius 3 is 2.77 bits per heavy atom. The topological polar surface area (TPSA) is 67.3 Å². The van der Waals surface area contributed by atoms with Crippen molar-refractivity contribution < 1.29 is 22.7 Å². The number of amides is 1. The number of H-pyrrole nitrogens is 1. The minimum Gasteiger partial charge on any atom is -0.406 e. The average Bonchev–Trinajstić information content (AvgIpc) is 3.02. The van der Waals surface area contributed by atoms with Crippen LogP contribution in [0, 0.1) is 0 Å². The second-order valence-corrected chi connectivity index (χ2v) is 7.33. The van der Waals surface area contributed by atoms with Gasteiger partial charge in [0.15, 0.2) is 0 Å². The molecule has 1 fully saturated rings. The van der Waals surface area contributed by atoms with Crippen LogP contribution in [0.1, 0.15) is 24.4 Å². The lowest BCUT2D eigenvalue weighted by Gasteiger charge is -2.33. The summed E-state index contributed by atoms with van der Waals surface area (Å²) in [7, 11) is 0. The minimum atomic E-state index is -4.78. The van der Waals surface area contributed by atoms with Crippen LogP contribution < -0.4 is 10.4 Å². The molecule has 1 atom stereocenters. The first-order chi connectivity index (χ1) is 14.3. The van der Waals surface area contributed by atoms with E-state index < -0.39 is 6.36 Å². The molecule has 1 aliphatic heterocycles. The summed E-state index contributed by atoms with van der Waals surface area (Å²) in [6.45, 7) is 0.921. The molecular formula is C21H20F3N3O3. The number of alkyl halides is 3. The number of benzene rings is 2. The third kappa shape index (κ3) is 4.34. The number of aromatic amines is 1. The number of imidazole rings is 1. The molecule has 158 valence electrons. The number of hydrogen-bond donors (Lipinski definition) is 1. The summed E-state index contributed by atoms with van der Waals surface area (Å²) in [5.74, 6) is -0.550. The Labute approximate surface area is 169 Å². The highest BCUT2D eigenvalue weighted by atomic mass is 19.4. The van der Waals surface area contributed by atoms with Crippen molar-refractivity contribution in [2.75, 3.05) is 13.1 Å². The second-order valence-electron chi connectivity index (χ2n) is 7.33. The first-order valence-electron chi connectivity index (χ1n) is 9.62. The van der Waals surface area contributed by atoms with Gasteiger partial charge in [-0.25, -0.2) is 4.79 Å². The maximum atomic E-state index is 12.8. The number of piperidine rings is 1. The van der Waals surface area contributed by atoms with Gasteiger partial charge < -0.3 is 14.6 Å². The van der Waals surface area contributed by atoms with Gasteiger partial charge in [0.25, 0.3) is 0 Å². The van der Waals surface area contributed by atoms with Crippen LogP contribution in [-0.2, 0) is 11.2 Å². The molecule has 3 aromatic rings. The predicted molar refractivity (Wildman–Crippen MR) is 104 cm³/mol. The lowest BCUT2D eigenvalue weighted by Crippen LogP contribution is -2.43. The van der Waals surface area contributed by atoms with Crippen molar-refractivity contribution in [3.05, 3.63) is 64.6 Å². The number of nitrogens with one attached hydrogen (secondary N) is 1. The van der Waals surface area contributed by atoms with Crippen LogP contribution in [0.3, 0.4) is 0 Å². The fourth-order valence-corrected chi connectivity index (χ4v) is 3.97. The van der Waals surface area contributed by atoms with Crippen molar-refractivity contribution >= 4 is 16.9 Å². The van der Waals surface area contributed by atoms with Crippen LogP contribution in [0.25, 0.3) is 11.0 Å². The van der Waals surface area contributed by atoms with E-state index >= 15 is 0 Å². The largest absolute Gasteiger partial charge is 0.573 e. The van der Waals surface area contributed by atoms with Crippen molar-refractivity contribution in [3.63, 3.8) is 0 Å². The Bertz CT molecular complexity index is 1120. The Hall–Kier alpha value is -3.23. The summed E-state index contributed by atoms with van der Waals surface area (Å²) in [5.41, 5.74) is 1.76. The monoisotopic (exact) mass is 419 g/mol. The molecule has 1 N–H and O–H groups in total. The van der Waals surface area contributed by atoms with Crippen LogP contribution in [0.4, 0.5) is 13.2 Å². The van der Waals surface area contributed by atoms with Gasteiger partial charge in [-0.2, -0.15) is 0 Å². The van der Waals surface area contributed by atoms with E-state index in [2.05, 4.69) is 9.72 Å².